The summed E-state index contributed by atoms with van der Waals surface area (Å²) in [7, 11) is 1.68. The summed E-state index contributed by atoms with van der Waals surface area (Å²) in [6.07, 6.45) is 0. The minimum absolute atomic E-state index is 0.0693. The first-order chi connectivity index (χ1) is 10.1. The Morgan fingerprint density at radius 3 is 2.38 bits per heavy atom. The number of ether oxygens (including phenoxy) is 1. The van der Waals surface area contributed by atoms with Gasteiger partial charge in [0.15, 0.2) is 0 Å². The summed E-state index contributed by atoms with van der Waals surface area (Å²) in [5.74, 6) is 0.808. The molecule has 2 rings (SSSR count). The van der Waals surface area contributed by atoms with Gasteiger partial charge in [-0.15, -0.1) is 0 Å². The Bertz CT molecular complexity index is 621. The van der Waals surface area contributed by atoms with Crippen LogP contribution in [0.15, 0.2) is 42.5 Å². The van der Waals surface area contributed by atoms with Crippen LogP contribution < -0.4 is 15.4 Å². The quantitative estimate of drug-likeness (QED) is 0.882. The zero-order valence-electron chi connectivity index (χ0n) is 12.6. The van der Waals surface area contributed by atoms with Crippen LogP contribution >= 0.6 is 0 Å². The van der Waals surface area contributed by atoms with E-state index in [9.17, 15) is 4.79 Å². The van der Waals surface area contributed by atoms with Crippen molar-refractivity contribution in [3.63, 3.8) is 0 Å². The molecule has 0 aliphatic carbocycles. The molecule has 2 N–H and O–H groups in total. The summed E-state index contributed by atoms with van der Waals surface area (Å²) in [5.41, 5.74) is 4.10. The number of anilines is 2. The number of rotatable bonds is 5. The maximum Gasteiger partial charge on any atom is 0.221 e. The van der Waals surface area contributed by atoms with E-state index in [1.807, 2.05) is 36.4 Å². The van der Waals surface area contributed by atoms with Gasteiger partial charge in [-0.05, 0) is 37.3 Å². The maximum absolute atomic E-state index is 11.0. The average molecular weight is 284 g/mol. The Kier molecular flexibility index (Phi) is 4.82. The third-order valence-corrected chi connectivity index (χ3v) is 3.12. The van der Waals surface area contributed by atoms with Gasteiger partial charge in [0.2, 0.25) is 5.91 Å². The fourth-order valence-electron chi connectivity index (χ4n) is 2.12. The molecular weight excluding hydrogens is 264 g/mol. The predicted octanol–water partition coefficient (Wildman–Crippen LogP) is 3.57. The van der Waals surface area contributed by atoms with Crippen molar-refractivity contribution < 1.29 is 9.53 Å². The van der Waals surface area contributed by atoms with Crippen molar-refractivity contribution in [2.24, 2.45) is 0 Å². The highest BCUT2D eigenvalue weighted by Gasteiger charge is 2.03. The zero-order valence-corrected chi connectivity index (χ0v) is 12.6. The first kappa shape index (κ1) is 14.9. The molecule has 0 saturated carbocycles. The molecule has 2 aromatic rings. The molecule has 0 spiro atoms. The van der Waals surface area contributed by atoms with Crippen LogP contribution in [-0.2, 0) is 11.3 Å². The molecule has 4 nitrogen and oxygen atoms in total. The van der Waals surface area contributed by atoms with Gasteiger partial charge in [-0.25, -0.2) is 0 Å². The molecule has 21 heavy (non-hydrogen) atoms. The maximum atomic E-state index is 11.0. The van der Waals surface area contributed by atoms with E-state index in [0.717, 1.165) is 22.7 Å². The smallest absolute Gasteiger partial charge is 0.221 e. The van der Waals surface area contributed by atoms with E-state index in [1.165, 1.54) is 12.5 Å². The Hall–Kier alpha value is -2.49. The molecule has 2 aromatic carbocycles. The molecule has 0 bridgehead atoms. The van der Waals surface area contributed by atoms with E-state index in [-0.39, 0.29) is 5.91 Å². The standard InChI is InChI=1S/C17H20N2O2/c1-12-4-9-17(21-3)14(10-12)11-18-15-5-7-16(8-6-15)19-13(2)20/h4-10,18H,11H2,1-3H3,(H,19,20). The molecule has 0 unspecified atom stereocenters. The normalized spacial score (nSPS) is 10.0. The van der Waals surface area contributed by atoms with Crippen LogP contribution in [0.2, 0.25) is 0 Å². The third kappa shape index (κ3) is 4.24. The summed E-state index contributed by atoms with van der Waals surface area (Å²) in [5, 5.41) is 6.10. The Morgan fingerprint density at radius 1 is 1.10 bits per heavy atom. The number of methoxy groups -OCH3 is 1. The van der Waals surface area contributed by atoms with E-state index in [2.05, 4.69) is 23.6 Å². The van der Waals surface area contributed by atoms with Crippen molar-refractivity contribution >= 4 is 17.3 Å². The van der Waals surface area contributed by atoms with Crippen LogP contribution in [0.1, 0.15) is 18.1 Å². The second-order valence-electron chi connectivity index (χ2n) is 4.93. The van der Waals surface area contributed by atoms with Crippen molar-refractivity contribution in [1.29, 1.82) is 0 Å². The number of nitrogens with one attached hydrogen (secondary N) is 2. The van der Waals surface area contributed by atoms with Crippen molar-refractivity contribution in [2.75, 3.05) is 17.7 Å². The third-order valence-electron chi connectivity index (χ3n) is 3.12. The Morgan fingerprint density at radius 2 is 1.76 bits per heavy atom. The number of hydrogen-bond donors (Lipinski definition) is 2. The lowest BCUT2D eigenvalue weighted by molar-refractivity contribution is -0.114. The van der Waals surface area contributed by atoms with Gasteiger partial charge in [0.05, 0.1) is 7.11 Å². The summed E-state index contributed by atoms with van der Waals surface area (Å²) in [6, 6.07) is 13.7. The van der Waals surface area contributed by atoms with Crippen LogP contribution in [0.5, 0.6) is 5.75 Å². The van der Waals surface area contributed by atoms with Crippen molar-refractivity contribution in [2.45, 2.75) is 20.4 Å². The number of carbonyl (C=O) groups is 1. The van der Waals surface area contributed by atoms with E-state index in [0.29, 0.717) is 6.54 Å². The van der Waals surface area contributed by atoms with Gasteiger partial charge in [0.1, 0.15) is 5.75 Å². The Balaban J connectivity index is 2.03. The highest BCUT2D eigenvalue weighted by molar-refractivity contribution is 5.88. The Labute approximate surface area is 125 Å². The molecule has 0 aliphatic heterocycles. The molecular formula is C17H20N2O2. The summed E-state index contributed by atoms with van der Waals surface area (Å²) in [4.78, 5) is 11.0. The molecule has 0 atom stereocenters. The van der Waals surface area contributed by atoms with E-state index in [1.54, 1.807) is 7.11 Å². The lowest BCUT2D eigenvalue weighted by Gasteiger charge is -2.12. The lowest BCUT2D eigenvalue weighted by atomic mass is 10.1. The van der Waals surface area contributed by atoms with Gasteiger partial charge in [-0.2, -0.15) is 0 Å². The van der Waals surface area contributed by atoms with Gasteiger partial charge < -0.3 is 15.4 Å². The van der Waals surface area contributed by atoms with Crippen molar-refractivity contribution in [3.8, 4) is 5.75 Å². The highest BCUT2D eigenvalue weighted by atomic mass is 16.5. The molecule has 110 valence electrons. The van der Waals surface area contributed by atoms with Gasteiger partial charge >= 0.3 is 0 Å². The molecule has 0 fully saturated rings. The SMILES string of the molecule is COc1ccc(C)cc1CNc1ccc(NC(C)=O)cc1. The number of aryl methyl sites for hydroxylation is 1. The molecule has 4 heteroatoms. The summed E-state index contributed by atoms with van der Waals surface area (Å²) >= 11 is 0. The number of carbonyl (C=O) groups excluding carboxylic acids is 1. The lowest BCUT2D eigenvalue weighted by Crippen LogP contribution is -2.06. The van der Waals surface area contributed by atoms with Gasteiger partial charge in [0, 0.05) is 30.4 Å². The number of hydrogen-bond acceptors (Lipinski definition) is 3. The summed E-state index contributed by atoms with van der Waals surface area (Å²) in [6.45, 7) is 4.24. The molecule has 0 saturated heterocycles. The molecule has 0 heterocycles. The molecule has 1 amide bonds. The largest absolute Gasteiger partial charge is 0.496 e. The van der Waals surface area contributed by atoms with Crippen molar-refractivity contribution in [3.05, 3.63) is 53.6 Å². The van der Waals surface area contributed by atoms with Crippen LogP contribution in [0, 0.1) is 6.92 Å². The monoisotopic (exact) mass is 284 g/mol. The highest BCUT2D eigenvalue weighted by Crippen LogP contribution is 2.21. The van der Waals surface area contributed by atoms with Crippen LogP contribution in [0.4, 0.5) is 11.4 Å². The minimum Gasteiger partial charge on any atom is -0.496 e. The molecule has 0 aliphatic rings. The van der Waals surface area contributed by atoms with Gasteiger partial charge in [0.25, 0.3) is 0 Å². The number of amides is 1. The van der Waals surface area contributed by atoms with E-state index >= 15 is 0 Å². The minimum atomic E-state index is -0.0693. The van der Waals surface area contributed by atoms with Crippen LogP contribution in [-0.4, -0.2) is 13.0 Å². The van der Waals surface area contributed by atoms with E-state index < -0.39 is 0 Å². The van der Waals surface area contributed by atoms with Gasteiger partial charge in [-0.1, -0.05) is 17.7 Å². The zero-order chi connectivity index (χ0) is 15.2. The second-order valence-corrected chi connectivity index (χ2v) is 4.93. The predicted molar refractivity (Wildman–Crippen MR) is 85.8 cm³/mol. The van der Waals surface area contributed by atoms with Crippen molar-refractivity contribution in [1.82, 2.24) is 0 Å². The molecule has 0 radical (unpaired) electrons. The van der Waals surface area contributed by atoms with E-state index in [4.69, 9.17) is 4.74 Å². The average Bonchev–Trinajstić information content (AvgIpc) is 2.46. The number of benzene rings is 2. The second kappa shape index (κ2) is 6.79. The topological polar surface area (TPSA) is 50.4 Å². The first-order valence-corrected chi connectivity index (χ1v) is 6.83. The fraction of sp³-hybridized carbons (Fsp3) is 0.235. The van der Waals surface area contributed by atoms with Crippen LogP contribution in [0.3, 0.4) is 0 Å². The van der Waals surface area contributed by atoms with Gasteiger partial charge in [-0.3, -0.25) is 4.79 Å². The van der Waals surface area contributed by atoms with Crippen LogP contribution in [0.25, 0.3) is 0 Å². The summed E-state index contributed by atoms with van der Waals surface area (Å²) < 4.78 is 5.36. The fourth-order valence-corrected chi connectivity index (χ4v) is 2.12. The first-order valence-electron chi connectivity index (χ1n) is 6.83. The molecule has 0 aromatic heterocycles.